The third-order valence-electron chi connectivity index (χ3n) is 2.93. The quantitative estimate of drug-likeness (QED) is 0.758. The second-order valence-corrected chi connectivity index (χ2v) is 6.09. The Morgan fingerprint density at radius 3 is 2.22 bits per heavy atom. The first kappa shape index (κ1) is 15.0. The highest BCUT2D eigenvalue weighted by Crippen LogP contribution is 2.23. The van der Waals surface area contributed by atoms with Gasteiger partial charge >= 0.3 is 0 Å². The van der Waals surface area contributed by atoms with E-state index in [4.69, 9.17) is 0 Å². The van der Waals surface area contributed by atoms with Gasteiger partial charge < -0.3 is 0 Å². The summed E-state index contributed by atoms with van der Waals surface area (Å²) < 4.78 is 53.6. The van der Waals surface area contributed by atoms with E-state index in [1.807, 2.05) is 0 Å². The summed E-state index contributed by atoms with van der Waals surface area (Å²) in [5.74, 6) is -2.00. The van der Waals surface area contributed by atoms with Crippen molar-refractivity contribution >= 4 is 15.7 Å². The van der Waals surface area contributed by atoms with E-state index in [1.54, 1.807) is 12.1 Å². The summed E-state index contributed by atoms with van der Waals surface area (Å²) in [5.41, 5.74) is 0.735. The van der Waals surface area contributed by atoms with Crippen LogP contribution in [0.2, 0.25) is 0 Å². The van der Waals surface area contributed by atoms with Crippen molar-refractivity contribution in [1.29, 1.82) is 0 Å². The minimum absolute atomic E-state index is 0.139. The average Bonchev–Trinajstić information content (AvgIpc) is 3.01. The maximum absolute atomic E-state index is 13.6. The number of nitrogens with zero attached hydrogens (tertiary/aromatic N) is 3. The van der Waals surface area contributed by atoms with Crippen molar-refractivity contribution in [3.63, 3.8) is 0 Å². The highest BCUT2D eigenvalue weighted by molar-refractivity contribution is 7.92. The van der Waals surface area contributed by atoms with Gasteiger partial charge in [0.25, 0.3) is 10.0 Å². The van der Waals surface area contributed by atoms with Crippen molar-refractivity contribution in [2.45, 2.75) is 4.90 Å². The number of rotatable bonds is 4. The molecule has 3 rings (SSSR count). The van der Waals surface area contributed by atoms with Crippen molar-refractivity contribution in [3.05, 3.63) is 54.1 Å². The zero-order chi connectivity index (χ0) is 16.4. The van der Waals surface area contributed by atoms with Crippen molar-refractivity contribution in [2.24, 2.45) is 0 Å². The molecule has 0 aliphatic heterocycles. The molecule has 7 nitrogen and oxygen atoms in total. The van der Waals surface area contributed by atoms with Crippen molar-refractivity contribution in [3.8, 4) is 11.4 Å². The molecule has 0 amide bonds. The van der Waals surface area contributed by atoms with Crippen LogP contribution in [-0.2, 0) is 10.0 Å². The van der Waals surface area contributed by atoms with Crippen LogP contribution in [0.1, 0.15) is 0 Å². The SMILES string of the molecule is O=S(=O)(Nc1ccc(-c2nn[nH]n2)cc1)c1c(F)cccc1F. The van der Waals surface area contributed by atoms with E-state index in [0.717, 1.165) is 18.2 Å². The molecule has 0 aliphatic carbocycles. The van der Waals surface area contributed by atoms with Crippen LogP contribution in [0.3, 0.4) is 0 Å². The van der Waals surface area contributed by atoms with Crippen LogP contribution in [0, 0.1) is 11.6 Å². The summed E-state index contributed by atoms with van der Waals surface area (Å²) in [6.07, 6.45) is 0. The largest absolute Gasteiger partial charge is 0.279 e. The van der Waals surface area contributed by atoms with Crippen molar-refractivity contribution < 1.29 is 17.2 Å². The van der Waals surface area contributed by atoms with Gasteiger partial charge in [0, 0.05) is 11.3 Å². The molecule has 0 atom stereocenters. The first-order valence-electron chi connectivity index (χ1n) is 6.28. The number of aromatic nitrogens is 4. The fraction of sp³-hybridized carbons (Fsp3) is 0. The number of hydrogen-bond acceptors (Lipinski definition) is 5. The molecule has 0 spiro atoms. The number of tetrazole rings is 1. The van der Waals surface area contributed by atoms with E-state index in [-0.39, 0.29) is 5.69 Å². The lowest BCUT2D eigenvalue weighted by Crippen LogP contribution is -2.16. The molecule has 1 heterocycles. The minimum atomic E-state index is -4.39. The Morgan fingerprint density at radius 2 is 1.65 bits per heavy atom. The van der Waals surface area contributed by atoms with E-state index in [2.05, 4.69) is 25.3 Å². The maximum Gasteiger partial charge on any atom is 0.267 e. The first-order valence-corrected chi connectivity index (χ1v) is 7.76. The van der Waals surface area contributed by atoms with Gasteiger partial charge in [0.2, 0.25) is 5.82 Å². The molecule has 10 heteroatoms. The molecule has 0 aliphatic rings. The zero-order valence-corrected chi connectivity index (χ0v) is 12.2. The molecule has 0 bridgehead atoms. The van der Waals surface area contributed by atoms with Crippen LogP contribution < -0.4 is 4.72 Å². The van der Waals surface area contributed by atoms with Gasteiger partial charge in [-0.2, -0.15) is 5.21 Å². The summed E-state index contributed by atoms with van der Waals surface area (Å²) in [4.78, 5) is -1.03. The fourth-order valence-electron chi connectivity index (χ4n) is 1.92. The molecule has 2 aromatic carbocycles. The summed E-state index contributed by atoms with van der Waals surface area (Å²) in [6, 6.07) is 8.75. The first-order chi connectivity index (χ1) is 11.0. The van der Waals surface area contributed by atoms with Crippen molar-refractivity contribution in [2.75, 3.05) is 4.72 Å². The highest BCUT2D eigenvalue weighted by atomic mass is 32.2. The van der Waals surface area contributed by atoms with Crippen LogP contribution in [0.5, 0.6) is 0 Å². The Labute approximate surface area is 129 Å². The summed E-state index contributed by atoms with van der Waals surface area (Å²) in [5, 5.41) is 13.3. The van der Waals surface area contributed by atoms with Crippen molar-refractivity contribution in [1.82, 2.24) is 20.6 Å². The fourth-order valence-corrected chi connectivity index (χ4v) is 3.11. The smallest absolute Gasteiger partial charge is 0.267 e. The third kappa shape index (κ3) is 3.01. The lowest BCUT2D eigenvalue weighted by atomic mass is 10.2. The van der Waals surface area contributed by atoms with E-state index >= 15 is 0 Å². The Bertz CT molecular complexity index is 907. The van der Waals surface area contributed by atoms with E-state index in [9.17, 15) is 17.2 Å². The number of benzene rings is 2. The van der Waals surface area contributed by atoms with Gasteiger partial charge in [0.05, 0.1) is 0 Å². The van der Waals surface area contributed by atoms with Gasteiger partial charge in [-0.3, -0.25) is 4.72 Å². The summed E-state index contributed by atoms with van der Waals surface area (Å²) >= 11 is 0. The number of halogens is 2. The van der Waals surface area contributed by atoms with Gasteiger partial charge in [-0.25, -0.2) is 17.2 Å². The molecule has 1 aromatic heterocycles. The van der Waals surface area contributed by atoms with E-state index in [0.29, 0.717) is 11.4 Å². The number of sulfonamides is 1. The molecular formula is C13H9F2N5O2S. The second-order valence-electron chi connectivity index (χ2n) is 4.47. The Morgan fingerprint density at radius 1 is 1.00 bits per heavy atom. The molecule has 3 aromatic rings. The van der Waals surface area contributed by atoms with Gasteiger partial charge in [-0.15, -0.1) is 10.2 Å². The van der Waals surface area contributed by atoms with Gasteiger partial charge in [0.15, 0.2) is 4.90 Å². The van der Waals surface area contributed by atoms with Crippen LogP contribution in [0.15, 0.2) is 47.4 Å². The molecule has 0 saturated heterocycles. The van der Waals surface area contributed by atoms with Gasteiger partial charge in [0.1, 0.15) is 11.6 Å². The molecule has 118 valence electrons. The Kier molecular flexibility index (Phi) is 3.74. The van der Waals surface area contributed by atoms with Crippen LogP contribution in [0.4, 0.5) is 14.5 Å². The van der Waals surface area contributed by atoms with Gasteiger partial charge in [-0.05, 0) is 41.6 Å². The lowest BCUT2D eigenvalue weighted by Gasteiger charge is -2.09. The molecule has 0 unspecified atom stereocenters. The van der Waals surface area contributed by atoms with Crippen LogP contribution >= 0.6 is 0 Å². The topological polar surface area (TPSA) is 101 Å². The molecule has 2 N–H and O–H groups in total. The molecular weight excluding hydrogens is 328 g/mol. The number of hydrogen-bond donors (Lipinski definition) is 2. The predicted octanol–water partition coefficient (Wildman–Crippen LogP) is 1.95. The molecule has 0 saturated carbocycles. The third-order valence-corrected chi connectivity index (χ3v) is 4.36. The normalized spacial score (nSPS) is 11.4. The predicted molar refractivity (Wildman–Crippen MR) is 76.8 cm³/mol. The number of nitrogens with one attached hydrogen (secondary N) is 2. The standard InChI is InChI=1S/C13H9F2N5O2S/c14-10-2-1-3-11(15)12(10)23(21,22)18-9-6-4-8(5-7-9)13-16-19-20-17-13/h1-7,18H,(H,16,17,19,20). The van der Waals surface area contributed by atoms with Gasteiger partial charge in [-0.1, -0.05) is 6.07 Å². The monoisotopic (exact) mass is 337 g/mol. The summed E-state index contributed by atoms with van der Waals surface area (Å²) in [7, 11) is -4.39. The Balaban J connectivity index is 1.89. The maximum atomic E-state index is 13.6. The van der Waals surface area contributed by atoms with E-state index in [1.165, 1.54) is 12.1 Å². The number of aromatic amines is 1. The van der Waals surface area contributed by atoms with Crippen LogP contribution in [-0.4, -0.2) is 29.0 Å². The van der Waals surface area contributed by atoms with E-state index < -0.39 is 26.6 Å². The zero-order valence-electron chi connectivity index (χ0n) is 11.4. The number of anilines is 1. The molecule has 23 heavy (non-hydrogen) atoms. The highest BCUT2D eigenvalue weighted by Gasteiger charge is 2.23. The minimum Gasteiger partial charge on any atom is -0.279 e. The average molecular weight is 337 g/mol. The lowest BCUT2D eigenvalue weighted by molar-refractivity contribution is 0.521. The molecule has 0 radical (unpaired) electrons. The Hall–Kier alpha value is -2.88. The number of H-pyrrole nitrogens is 1. The molecule has 0 fully saturated rings. The second kappa shape index (κ2) is 5.72. The summed E-state index contributed by atoms with van der Waals surface area (Å²) in [6.45, 7) is 0. The van der Waals surface area contributed by atoms with Crippen LogP contribution in [0.25, 0.3) is 11.4 Å².